The lowest BCUT2D eigenvalue weighted by Gasteiger charge is -2.15. The Kier molecular flexibility index (Phi) is 6.53. The van der Waals surface area contributed by atoms with Gasteiger partial charge in [0.2, 0.25) is 5.91 Å². The van der Waals surface area contributed by atoms with E-state index in [4.69, 9.17) is 10.5 Å². The van der Waals surface area contributed by atoms with Gasteiger partial charge in [0.25, 0.3) is 0 Å². The highest BCUT2D eigenvalue weighted by molar-refractivity contribution is 5.81. The molecule has 0 aliphatic heterocycles. The second-order valence-electron chi connectivity index (χ2n) is 4.94. The first kappa shape index (κ1) is 15.7. The number of hydrogen-bond donors (Lipinski definition) is 2. The van der Waals surface area contributed by atoms with Crippen molar-refractivity contribution in [3.8, 4) is 0 Å². The summed E-state index contributed by atoms with van der Waals surface area (Å²) in [6.07, 6.45) is 0. The number of amides is 1. The number of nitrogens with one attached hydrogen (secondary N) is 1. The Morgan fingerprint density at radius 2 is 1.84 bits per heavy atom. The summed E-state index contributed by atoms with van der Waals surface area (Å²) < 4.78 is 5.33. The van der Waals surface area contributed by atoms with E-state index in [1.807, 2.05) is 45.0 Å². The van der Waals surface area contributed by atoms with Crippen LogP contribution in [-0.4, -0.2) is 18.6 Å². The van der Waals surface area contributed by atoms with E-state index < -0.39 is 6.04 Å². The van der Waals surface area contributed by atoms with E-state index >= 15 is 0 Å². The Balaban J connectivity index is 2.43. The second-order valence-corrected chi connectivity index (χ2v) is 4.94. The Labute approximate surface area is 115 Å². The van der Waals surface area contributed by atoms with Gasteiger partial charge in [-0.3, -0.25) is 4.79 Å². The normalized spacial score (nSPS) is 12.5. The monoisotopic (exact) mass is 264 g/mol. The van der Waals surface area contributed by atoms with Gasteiger partial charge < -0.3 is 15.8 Å². The fraction of sp³-hybridized carbons (Fsp3) is 0.533. The van der Waals surface area contributed by atoms with E-state index in [-0.39, 0.29) is 11.8 Å². The van der Waals surface area contributed by atoms with Crippen LogP contribution in [0.5, 0.6) is 0 Å². The molecule has 0 aliphatic carbocycles. The summed E-state index contributed by atoms with van der Waals surface area (Å²) >= 11 is 0. The van der Waals surface area contributed by atoms with Crippen molar-refractivity contribution in [1.29, 1.82) is 0 Å². The number of benzene rings is 1. The first-order chi connectivity index (χ1) is 9.04. The zero-order chi connectivity index (χ0) is 14.3. The molecule has 0 aliphatic rings. The predicted octanol–water partition coefficient (Wildman–Crippen LogP) is 1.82. The van der Waals surface area contributed by atoms with Crippen molar-refractivity contribution in [3.05, 3.63) is 35.4 Å². The Morgan fingerprint density at radius 3 is 2.37 bits per heavy atom. The molecule has 0 heterocycles. The number of nitrogens with two attached hydrogens (primary N) is 1. The van der Waals surface area contributed by atoms with Crippen LogP contribution >= 0.6 is 0 Å². The minimum Gasteiger partial charge on any atom is -0.377 e. The summed E-state index contributed by atoms with van der Waals surface area (Å²) in [5, 5.41) is 2.85. The summed E-state index contributed by atoms with van der Waals surface area (Å²) in [7, 11) is 0. The van der Waals surface area contributed by atoms with Crippen molar-refractivity contribution >= 4 is 5.91 Å². The van der Waals surface area contributed by atoms with E-state index in [0.717, 1.165) is 11.1 Å². The van der Waals surface area contributed by atoms with Gasteiger partial charge in [0.05, 0.1) is 12.6 Å². The van der Waals surface area contributed by atoms with Gasteiger partial charge in [-0.25, -0.2) is 0 Å². The van der Waals surface area contributed by atoms with Gasteiger partial charge in [-0.05, 0) is 24.0 Å². The van der Waals surface area contributed by atoms with Crippen molar-refractivity contribution in [2.45, 2.75) is 40.0 Å². The maximum atomic E-state index is 11.7. The number of hydrogen-bond acceptors (Lipinski definition) is 3. The lowest BCUT2D eigenvalue weighted by molar-refractivity contribution is -0.123. The van der Waals surface area contributed by atoms with Crippen molar-refractivity contribution in [1.82, 2.24) is 5.32 Å². The Morgan fingerprint density at radius 1 is 1.26 bits per heavy atom. The molecule has 1 aromatic carbocycles. The van der Waals surface area contributed by atoms with Crippen LogP contribution < -0.4 is 11.1 Å². The molecule has 1 atom stereocenters. The SMILES string of the molecule is CCOCc1ccc(CNC(=O)[C@@H](N)C(C)C)cc1. The van der Waals surface area contributed by atoms with Crippen LogP contribution in [0.2, 0.25) is 0 Å². The molecule has 106 valence electrons. The summed E-state index contributed by atoms with van der Waals surface area (Å²) in [4.78, 5) is 11.7. The zero-order valence-electron chi connectivity index (χ0n) is 12.0. The third-order valence-electron chi connectivity index (χ3n) is 2.98. The summed E-state index contributed by atoms with van der Waals surface area (Å²) in [6.45, 7) is 7.70. The van der Waals surface area contributed by atoms with Crippen LogP contribution in [-0.2, 0) is 22.7 Å². The molecule has 0 bridgehead atoms. The van der Waals surface area contributed by atoms with E-state index in [2.05, 4.69) is 5.32 Å². The van der Waals surface area contributed by atoms with Crippen molar-refractivity contribution in [2.24, 2.45) is 11.7 Å². The van der Waals surface area contributed by atoms with Gasteiger partial charge in [-0.15, -0.1) is 0 Å². The van der Waals surface area contributed by atoms with E-state index in [0.29, 0.717) is 19.8 Å². The first-order valence-corrected chi connectivity index (χ1v) is 6.73. The molecule has 19 heavy (non-hydrogen) atoms. The maximum absolute atomic E-state index is 11.7. The average Bonchev–Trinajstić information content (AvgIpc) is 2.42. The van der Waals surface area contributed by atoms with Gasteiger partial charge in [-0.1, -0.05) is 38.1 Å². The molecule has 4 nitrogen and oxygen atoms in total. The molecule has 1 rings (SSSR count). The minimum absolute atomic E-state index is 0.103. The molecular formula is C15H24N2O2. The van der Waals surface area contributed by atoms with Gasteiger partial charge in [0.1, 0.15) is 0 Å². The topological polar surface area (TPSA) is 64.3 Å². The molecule has 0 unspecified atom stereocenters. The van der Waals surface area contributed by atoms with Crippen molar-refractivity contribution in [2.75, 3.05) is 6.61 Å². The number of carbonyl (C=O) groups is 1. The van der Waals surface area contributed by atoms with Gasteiger partial charge in [0.15, 0.2) is 0 Å². The lowest BCUT2D eigenvalue weighted by Crippen LogP contribution is -2.43. The highest BCUT2D eigenvalue weighted by atomic mass is 16.5. The van der Waals surface area contributed by atoms with Gasteiger partial charge >= 0.3 is 0 Å². The predicted molar refractivity (Wildman–Crippen MR) is 76.4 cm³/mol. The van der Waals surface area contributed by atoms with Crippen molar-refractivity contribution < 1.29 is 9.53 Å². The molecule has 4 heteroatoms. The third-order valence-corrected chi connectivity index (χ3v) is 2.98. The van der Waals surface area contributed by atoms with Crippen LogP contribution in [0.4, 0.5) is 0 Å². The second kappa shape index (κ2) is 7.92. The fourth-order valence-electron chi connectivity index (χ4n) is 1.58. The van der Waals surface area contributed by atoms with Crippen LogP contribution in [0.25, 0.3) is 0 Å². The van der Waals surface area contributed by atoms with Crippen LogP contribution in [0, 0.1) is 5.92 Å². The zero-order valence-corrected chi connectivity index (χ0v) is 12.0. The molecule has 0 spiro atoms. The smallest absolute Gasteiger partial charge is 0.237 e. The molecule has 0 saturated carbocycles. The molecule has 0 aromatic heterocycles. The van der Waals surface area contributed by atoms with Gasteiger partial charge in [0, 0.05) is 13.2 Å². The molecule has 1 amide bonds. The Bertz CT molecular complexity index is 388. The number of carbonyl (C=O) groups excluding carboxylic acids is 1. The molecule has 0 radical (unpaired) electrons. The largest absolute Gasteiger partial charge is 0.377 e. The lowest BCUT2D eigenvalue weighted by atomic mass is 10.0. The van der Waals surface area contributed by atoms with E-state index in [1.54, 1.807) is 0 Å². The quantitative estimate of drug-likeness (QED) is 0.789. The third kappa shape index (κ3) is 5.41. The van der Waals surface area contributed by atoms with E-state index in [9.17, 15) is 4.79 Å². The molecule has 0 fully saturated rings. The van der Waals surface area contributed by atoms with E-state index in [1.165, 1.54) is 0 Å². The van der Waals surface area contributed by atoms with Crippen LogP contribution in [0.1, 0.15) is 31.9 Å². The number of rotatable bonds is 7. The van der Waals surface area contributed by atoms with Crippen LogP contribution in [0.15, 0.2) is 24.3 Å². The minimum atomic E-state index is -0.447. The highest BCUT2D eigenvalue weighted by Crippen LogP contribution is 2.06. The molecule has 3 N–H and O–H groups in total. The maximum Gasteiger partial charge on any atom is 0.237 e. The summed E-state index contributed by atoms with van der Waals surface area (Å²) in [5.41, 5.74) is 7.97. The van der Waals surface area contributed by atoms with Gasteiger partial charge in [-0.2, -0.15) is 0 Å². The standard InChI is InChI=1S/C15H24N2O2/c1-4-19-10-13-7-5-12(6-8-13)9-17-15(18)14(16)11(2)3/h5-8,11,14H,4,9-10,16H2,1-3H3,(H,17,18)/t14-/m0/s1. The molecule has 0 saturated heterocycles. The van der Waals surface area contributed by atoms with Crippen molar-refractivity contribution in [3.63, 3.8) is 0 Å². The molecule has 1 aromatic rings. The average molecular weight is 264 g/mol. The fourth-order valence-corrected chi connectivity index (χ4v) is 1.58. The summed E-state index contributed by atoms with van der Waals surface area (Å²) in [6, 6.07) is 7.57. The Hall–Kier alpha value is -1.39. The van der Waals surface area contributed by atoms with Crippen LogP contribution in [0.3, 0.4) is 0 Å². The number of ether oxygens (including phenoxy) is 1. The highest BCUT2D eigenvalue weighted by Gasteiger charge is 2.16. The summed E-state index contributed by atoms with van der Waals surface area (Å²) in [5.74, 6) is 0.0435. The molecular weight excluding hydrogens is 240 g/mol. The first-order valence-electron chi connectivity index (χ1n) is 6.73.